The predicted molar refractivity (Wildman–Crippen MR) is 74.9 cm³/mol. The van der Waals surface area contributed by atoms with E-state index in [1.807, 2.05) is 19.0 Å². The number of anilines is 1. The standard InChI is InChI=1S/C14H20N4O2/c1-18(2)14-15-5-10(6-16-14)13(19)9-3-11-7-20-8-12(4-9)17-11/h5-6,9,11-12,17H,3-4,7-8H2,1-2H3. The maximum Gasteiger partial charge on any atom is 0.224 e. The molecule has 2 fully saturated rings. The van der Waals surface area contributed by atoms with Gasteiger partial charge in [0.25, 0.3) is 0 Å². The maximum absolute atomic E-state index is 12.5. The second-order valence-corrected chi connectivity index (χ2v) is 5.80. The normalized spacial score (nSPS) is 29.0. The quantitative estimate of drug-likeness (QED) is 0.811. The van der Waals surface area contributed by atoms with Crippen molar-refractivity contribution in [2.75, 3.05) is 32.2 Å². The van der Waals surface area contributed by atoms with E-state index in [0.29, 0.717) is 36.8 Å². The highest BCUT2D eigenvalue weighted by molar-refractivity contribution is 5.97. The van der Waals surface area contributed by atoms with Crippen molar-refractivity contribution >= 4 is 11.7 Å². The summed E-state index contributed by atoms with van der Waals surface area (Å²) in [7, 11) is 3.76. The van der Waals surface area contributed by atoms with Crippen LogP contribution in [0.4, 0.5) is 5.95 Å². The third-order valence-corrected chi connectivity index (χ3v) is 3.94. The minimum atomic E-state index is 0.0592. The molecule has 6 heteroatoms. The van der Waals surface area contributed by atoms with Crippen molar-refractivity contribution in [3.63, 3.8) is 0 Å². The number of hydrogen-bond acceptors (Lipinski definition) is 6. The van der Waals surface area contributed by atoms with Crippen molar-refractivity contribution in [3.05, 3.63) is 18.0 Å². The molecule has 2 unspecified atom stereocenters. The number of carbonyl (C=O) groups is 1. The Labute approximate surface area is 118 Å². The average Bonchev–Trinajstić information content (AvgIpc) is 2.46. The number of aromatic nitrogens is 2. The second-order valence-electron chi connectivity index (χ2n) is 5.80. The van der Waals surface area contributed by atoms with E-state index in [2.05, 4.69) is 15.3 Å². The van der Waals surface area contributed by atoms with Gasteiger partial charge in [0.15, 0.2) is 5.78 Å². The second kappa shape index (κ2) is 5.46. The van der Waals surface area contributed by atoms with Gasteiger partial charge >= 0.3 is 0 Å². The Morgan fingerprint density at radius 3 is 2.40 bits per heavy atom. The molecule has 3 heterocycles. The van der Waals surface area contributed by atoms with Crippen LogP contribution in [0, 0.1) is 5.92 Å². The van der Waals surface area contributed by atoms with E-state index >= 15 is 0 Å². The van der Waals surface area contributed by atoms with Crippen molar-refractivity contribution in [3.8, 4) is 0 Å². The van der Waals surface area contributed by atoms with E-state index in [1.165, 1.54) is 0 Å². The van der Waals surface area contributed by atoms with Gasteiger partial charge in [-0.15, -0.1) is 0 Å². The zero-order valence-corrected chi connectivity index (χ0v) is 11.9. The van der Waals surface area contributed by atoms with Gasteiger partial charge in [-0.25, -0.2) is 9.97 Å². The molecule has 0 radical (unpaired) electrons. The molecule has 0 spiro atoms. The van der Waals surface area contributed by atoms with Crippen LogP contribution in [0.25, 0.3) is 0 Å². The van der Waals surface area contributed by atoms with Crippen LogP contribution in [-0.2, 0) is 4.74 Å². The molecule has 20 heavy (non-hydrogen) atoms. The molecule has 0 saturated carbocycles. The molecule has 0 aliphatic carbocycles. The number of ether oxygens (including phenoxy) is 1. The van der Waals surface area contributed by atoms with E-state index in [4.69, 9.17) is 4.74 Å². The fourth-order valence-corrected chi connectivity index (χ4v) is 2.97. The molecule has 2 bridgehead atoms. The molecular formula is C14H20N4O2. The number of nitrogens with zero attached hydrogens (tertiary/aromatic N) is 3. The fourth-order valence-electron chi connectivity index (χ4n) is 2.97. The van der Waals surface area contributed by atoms with Gasteiger partial charge in [0, 0.05) is 44.5 Å². The molecule has 2 aliphatic rings. The first-order chi connectivity index (χ1) is 9.63. The van der Waals surface area contributed by atoms with Crippen LogP contribution in [0.5, 0.6) is 0 Å². The van der Waals surface area contributed by atoms with Gasteiger partial charge in [-0.05, 0) is 12.8 Å². The highest BCUT2D eigenvalue weighted by Crippen LogP contribution is 2.26. The van der Waals surface area contributed by atoms with Gasteiger partial charge in [-0.1, -0.05) is 0 Å². The lowest BCUT2D eigenvalue weighted by molar-refractivity contribution is 0.00951. The summed E-state index contributed by atoms with van der Waals surface area (Å²) in [6.45, 7) is 1.41. The zero-order chi connectivity index (χ0) is 14.1. The van der Waals surface area contributed by atoms with E-state index < -0.39 is 0 Å². The highest BCUT2D eigenvalue weighted by Gasteiger charge is 2.35. The number of piperidine rings is 1. The van der Waals surface area contributed by atoms with Gasteiger partial charge < -0.3 is 15.0 Å². The minimum Gasteiger partial charge on any atom is -0.378 e. The molecule has 1 aromatic heterocycles. The molecule has 2 saturated heterocycles. The number of morpholine rings is 1. The first kappa shape index (κ1) is 13.5. The van der Waals surface area contributed by atoms with E-state index in [1.54, 1.807) is 12.4 Å². The third kappa shape index (κ3) is 2.66. The van der Waals surface area contributed by atoms with Crippen molar-refractivity contribution < 1.29 is 9.53 Å². The molecule has 6 nitrogen and oxygen atoms in total. The summed E-state index contributed by atoms with van der Waals surface area (Å²) in [4.78, 5) is 22.8. The largest absolute Gasteiger partial charge is 0.378 e. The van der Waals surface area contributed by atoms with Crippen molar-refractivity contribution in [2.45, 2.75) is 24.9 Å². The minimum absolute atomic E-state index is 0.0592. The predicted octanol–water partition coefficient (Wildman–Crippen LogP) is 0.492. The summed E-state index contributed by atoms with van der Waals surface area (Å²) < 4.78 is 5.51. The Balaban J connectivity index is 1.72. The Morgan fingerprint density at radius 2 is 1.85 bits per heavy atom. The van der Waals surface area contributed by atoms with Crippen LogP contribution >= 0.6 is 0 Å². The topological polar surface area (TPSA) is 67.4 Å². The first-order valence-electron chi connectivity index (χ1n) is 7.01. The molecule has 1 aromatic rings. The monoisotopic (exact) mass is 276 g/mol. The fraction of sp³-hybridized carbons (Fsp3) is 0.643. The van der Waals surface area contributed by atoms with Crippen LogP contribution in [0.2, 0.25) is 0 Å². The highest BCUT2D eigenvalue weighted by atomic mass is 16.5. The van der Waals surface area contributed by atoms with Crippen molar-refractivity contribution in [1.82, 2.24) is 15.3 Å². The van der Waals surface area contributed by atoms with Crippen molar-refractivity contribution in [1.29, 1.82) is 0 Å². The Bertz CT molecular complexity index is 476. The number of ketones is 1. The average molecular weight is 276 g/mol. The number of fused-ring (bicyclic) bond motifs is 2. The van der Waals surface area contributed by atoms with Crippen LogP contribution in [0.1, 0.15) is 23.2 Å². The molecule has 2 atom stereocenters. The molecule has 108 valence electrons. The Hall–Kier alpha value is -1.53. The lowest BCUT2D eigenvalue weighted by atomic mass is 9.82. The lowest BCUT2D eigenvalue weighted by Crippen LogP contribution is -2.55. The number of hydrogen-bond donors (Lipinski definition) is 1. The summed E-state index contributed by atoms with van der Waals surface area (Å²) in [5.74, 6) is 0.842. The van der Waals surface area contributed by atoms with E-state index in [-0.39, 0.29) is 11.7 Å². The smallest absolute Gasteiger partial charge is 0.224 e. The van der Waals surface area contributed by atoms with E-state index in [0.717, 1.165) is 12.8 Å². The van der Waals surface area contributed by atoms with Crippen LogP contribution in [0.15, 0.2) is 12.4 Å². The van der Waals surface area contributed by atoms with Crippen LogP contribution in [0.3, 0.4) is 0 Å². The molecule has 2 aliphatic heterocycles. The SMILES string of the molecule is CN(C)c1ncc(C(=O)C2CC3COCC(C2)N3)cn1. The molecule has 1 N–H and O–H groups in total. The van der Waals surface area contributed by atoms with E-state index in [9.17, 15) is 4.79 Å². The number of carbonyl (C=O) groups excluding carboxylic acids is 1. The third-order valence-electron chi connectivity index (χ3n) is 3.94. The number of rotatable bonds is 3. The summed E-state index contributed by atoms with van der Waals surface area (Å²) in [6, 6.07) is 0.608. The zero-order valence-electron chi connectivity index (χ0n) is 11.9. The maximum atomic E-state index is 12.5. The van der Waals surface area contributed by atoms with Crippen LogP contribution < -0.4 is 10.2 Å². The van der Waals surface area contributed by atoms with Gasteiger partial charge in [0.2, 0.25) is 5.95 Å². The number of Topliss-reactive ketones (excluding diaryl/α,β-unsaturated/α-hetero) is 1. The summed E-state index contributed by atoms with van der Waals surface area (Å²) in [5, 5.41) is 3.50. The summed E-state index contributed by atoms with van der Waals surface area (Å²) in [6.07, 6.45) is 4.95. The first-order valence-corrected chi connectivity index (χ1v) is 7.01. The van der Waals surface area contributed by atoms with Crippen molar-refractivity contribution in [2.24, 2.45) is 5.92 Å². The summed E-state index contributed by atoms with van der Waals surface area (Å²) >= 11 is 0. The van der Waals surface area contributed by atoms with Gasteiger partial charge in [0.05, 0.1) is 18.8 Å². The van der Waals surface area contributed by atoms with Crippen LogP contribution in [-0.4, -0.2) is 55.1 Å². The molecule has 0 amide bonds. The lowest BCUT2D eigenvalue weighted by Gasteiger charge is -2.39. The molecule has 0 aromatic carbocycles. The van der Waals surface area contributed by atoms with Gasteiger partial charge in [-0.3, -0.25) is 4.79 Å². The molecule has 3 rings (SSSR count). The van der Waals surface area contributed by atoms with Gasteiger partial charge in [-0.2, -0.15) is 0 Å². The summed E-state index contributed by atoms with van der Waals surface area (Å²) in [5.41, 5.74) is 0.612. The Morgan fingerprint density at radius 1 is 1.25 bits per heavy atom. The Kier molecular flexibility index (Phi) is 3.67. The number of nitrogens with one attached hydrogen (secondary N) is 1. The molecular weight excluding hydrogens is 256 g/mol. The van der Waals surface area contributed by atoms with Gasteiger partial charge in [0.1, 0.15) is 0 Å².